The zero-order valence-electron chi connectivity index (χ0n) is 19.7. The van der Waals surface area contributed by atoms with Crippen molar-refractivity contribution < 1.29 is 14.7 Å². The summed E-state index contributed by atoms with van der Waals surface area (Å²) >= 11 is 1.56. The van der Waals surface area contributed by atoms with Gasteiger partial charge in [-0.05, 0) is 40.3 Å². The molecule has 1 amide bonds. The molecule has 1 heterocycles. The minimum atomic E-state index is -0.952. The van der Waals surface area contributed by atoms with Crippen molar-refractivity contribution in [3.8, 4) is 0 Å². The highest BCUT2D eigenvalue weighted by Gasteiger charge is 2.14. The van der Waals surface area contributed by atoms with Gasteiger partial charge >= 0.3 is 5.97 Å². The van der Waals surface area contributed by atoms with E-state index in [0.29, 0.717) is 17.0 Å². The number of aromatic nitrogens is 3. The Labute approximate surface area is 203 Å². The lowest BCUT2D eigenvalue weighted by Crippen LogP contribution is -2.36. The van der Waals surface area contributed by atoms with Gasteiger partial charge in [-0.25, -0.2) is 0 Å². The van der Waals surface area contributed by atoms with Crippen LogP contribution in [0.1, 0.15) is 54.2 Å². The number of carbonyl (C=O) groups excluding carboxylic acids is 1. The summed E-state index contributed by atoms with van der Waals surface area (Å²) in [5.41, 5.74) is 9.57. The zero-order valence-corrected chi connectivity index (χ0v) is 20.5. The van der Waals surface area contributed by atoms with E-state index in [2.05, 4.69) is 41.8 Å². The first-order valence-electron chi connectivity index (χ1n) is 10.8. The molecule has 0 atom stereocenters. The fraction of sp³-hybridized carbons (Fsp3) is 0.280. The molecule has 34 heavy (non-hydrogen) atoms. The van der Waals surface area contributed by atoms with Gasteiger partial charge in [0.25, 0.3) is 5.91 Å². The molecule has 3 rings (SSSR count). The van der Waals surface area contributed by atoms with Crippen molar-refractivity contribution in [2.45, 2.75) is 43.5 Å². The lowest BCUT2D eigenvalue weighted by atomic mass is 9.86. The molecule has 3 aromatic rings. The van der Waals surface area contributed by atoms with Gasteiger partial charge in [-0.2, -0.15) is 0 Å². The number of aryl methyl sites for hydroxylation is 1. The number of hydrogen-bond donors (Lipinski definition) is 3. The lowest BCUT2D eigenvalue weighted by Gasteiger charge is -2.20. The van der Waals surface area contributed by atoms with E-state index in [-0.39, 0.29) is 17.7 Å². The number of carboxylic acid groups (broad SMARTS) is 1. The summed E-state index contributed by atoms with van der Waals surface area (Å²) in [6.45, 7) is 6.38. The van der Waals surface area contributed by atoms with Crippen LogP contribution in [0.25, 0.3) is 5.70 Å². The maximum atomic E-state index is 12.7. The van der Waals surface area contributed by atoms with E-state index < -0.39 is 5.97 Å². The average molecular weight is 480 g/mol. The standard InChI is InChI=1S/C25H29N5O3S/c1-25(2,3)20-11-9-18(10-12-20)21(13-14-22(31)32)27-28-23(33)19-7-5-17(6-8-19)15-34-24-29-26-16-30(24)4/h5-13,16,27H,14-15H2,1-4H3,(H,28,33)(H,31,32)/b21-13-. The first kappa shape index (κ1) is 25.0. The van der Waals surface area contributed by atoms with Gasteiger partial charge in [-0.3, -0.25) is 20.4 Å². The highest BCUT2D eigenvalue weighted by molar-refractivity contribution is 7.98. The number of aliphatic carboxylic acids is 1. The molecule has 0 spiro atoms. The smallest absolute Gasteiger partial charge is 0.307 e. The number of hydrazine groups is 1. The van der Waals surface area contributed by atoms with Crippen LogP contribution in [0.15, 0.2) is 66.1 Å². The SMILES string of the molecule is Cn1cnnc1SCc1ccc(C(=O)NN/C(=C\CC(=O)O)c2ccc(C(C)(C)C)cc2)cc1. The molecule has 0 saturated carbocycles. The fourth-order valence-corrected chi connectivity index (χ4v) is 3.92. The summed E-state index contributed by atoms with van der Waals surface area (Å²) in [6.07, 6.45) is 3.03. The number of rotatable bonds is 9. The Morgan fingerprint density at radius 3 is 2.24 bits per heavy atom. The second-order valence-corrected chi connectivity index (χ2v) is 9.77. The molecule has 8 nitrogen and oxygen atoms in total. The van der Waals surface area contributed by atoms with Crippen LogP contribution in [-0.4, -0.2) is 31.7 Å². The molecule has 0 aliphatic rings. The number of amides is 1. The number of thioether (sulfide) groups is 1. The van der Waals surface area contributed by atoms with Crippen LogP contribution in [-0.2, 0) is 23.0 Å². The van der Waals surface area contributed by atoms with Crippen LogP contribution in [0.3, 0.4) is 0 Å². The molecular weight excluding hydrogens is 450 g/mol. The van der Waals surface area contributed by atoms with E-state index in [1.165, 1.54) is 0 Å². The summed E-state index contributed by atoms with van der Waals surface area (Å²) < 4.78 is 1.85. The van der Waals surface area contributed by atoms with E-state index >= 15 is 0 Å². The zero-order chi connectivity index (χ0) is 24.7. The van der Waals surface area contributed by atoms with Crippen molar-refractivity contribution in [3.63, 3.8) is 0 Å². The van der Waals surface area contributed by atoms with E-state index in [4.69, 9.17) is 5.11 Å². The predicted molar refractivity (Wildman–Crippen MR) is 133 cm³/mol. The third-order valence-corrected chi connectivity index (χ3v) is 6.21. The normalized spacial score (nSPS) is 11.8. The first-order valence-corrected chi connectivity index (χ1v) is 11.8. The molecule has 3 N–H and O–H groups in total. The first-order chi connectivity index (χ1) is 16.1. The molecule has 2 aromatic carbocycles. The van der Waals surface area contributed by atoms with Gasteiger partial charge in [-0.15, -0.1) is 10.2 Å². The van der Waals surface area contributed by atoms with Crippen LogP contribution in [0.5, 0.6) is 0 Å². The number of hydrogen-bond acceptors (Lipinski definition) is 6. The van der Waals surface area contributed by atoms with Gasteiger partial charge in [0.2, 0.25) is 0 Å². The quantitative estimate of drug-likeness (QED) is 0.312. The average Bonchev–Trinajstić information content (AvgIpc) is 3.22. The Balaban J connectivity index is 1.64. The maximum absolute atomic E-state index is 12.7. The Hall–Kier alpha value is -3.59. The highest BCUT2D eigenvalue weighted by atomic mass is 32.2. The number of carboxylic acids is 1. The van der Waals surface area contributed by atoms with Crippen LogP contribution in [0.4, 0.5) is 0 Å². The highest BCUT2D eigenvalue weighted by Crippen LogP contribution is 2.24. The second kappa shape index (κ2) is 11.0. The predicted octanol–water partition coefficient (Wildman–Crippen LogP) is 4.16. The molecule has 0 fully saturated rings. The summed E-state index contributed by atoms with van der Waals surface area (Å²) in [5.74, 6) is -0.564. The van der Waals surface area contributed by atoms with Gasteiger partial charge in [0.15, 0.2) is 5.16 Å². The molecule has 0 radical (unpaired) electrons. The van der Waals surface area contributed by atoms with Crippen LogP contribution >= 0.6 is 11.8 Å². The number of benzene rings is 2. The minimum absolute atomic E-state index is 0.00401. The maximum Gasteiger partial charge on any atom is 0.307 e. The fourth-order valence-electron chi connectivity index (χ4n) is 3.08. The Kier molecular flexibility index (Phi) is 8.12. The van der Waals surface area contributed by atoms with Crippen molar-refractivity contribution in [3.05, 3.63) is 83.2 Å². The van der Waals surface area contributed by atoms with Gasteiger partial charge in [-0.1, -0.05) is 68.9 Å². The molecule has 0 unspecified atom stereocenters. The van der Waals surface area contributed by atoms with E-state index in [1.807, 2.05) is 48.0 Å². The summed E-state index contributed by atoms with van der Waals surface area (Å²) in [5, 5.41) is 17.8. The van der Waals surface area contributed by atoms with Gasteiger partial charge in [0.1, 0.15) is 6.33 Å². The van der Waals surface area contributed by atoms with Gasteiger partial charge < -0.3 is 9.67 Å². The van der Waals surface area contributed by atoms with Crippen molar-refractivity contribution >= 4 is 29.3 Å². The third-order valence-electron chi connectivity index (χ3n) is 5.11. The van der Waals surface area contributed by atoms with Crippen LogP contribution in [0.2, 0.25) is 0 Å². The molecular formula is C25H29N5O3S. The number of nitrogens with zero attached hydrogens (tertiary/aromatic N) is 3. The number of carbonyl (C=O) groups is 2. The van der Waals surface area contributed by atoms with E-state index in [1.54, 1.807) is 36.3 Å². The lowest BCUT2D eigenvalue weighted by molar-refractivity contribution is -0.136. The van der Waals surface area contributed by atoms with Gasteiger partial charge in [0.05, 0.1) is 12.1 Å². The van der Waals surface area contributed by atoms with E-state index in [9.17, 15) is 9.59 Å². The molecule has 9 heteroatoms. The third kappa shape index (κ3) is 6.95. The number of nitrogens with one attached hydrogen (secondary N) is 2. The summed E-state index contributed by atoms with van der Waals surface area (Å²) in [6, 6.07) is 15.1. The molecule has 0 saturated heterocycles. The van der Waals surface area contributed by atoms with Crippen molar-refractivity contribution in [1.82, 2.24) is 25.6 Å². The van der Waals surface area contributed by atoms with Crippen molar-refractivity contribution in [2.75, 3.05) is 0 Å². The molecule has 0 aliphatic carbocycles. The van der Waals surface area contributed by atoms with Gasteiger partial charge in [0, 0.05) is 18.4 Å². The molecule has 0 bridgehead atoms. The Bertz CT molecular complexity index is 1160. The second-order valence-electron chi connectivity index (χ2n) is 8.83. The molecule has 178 valence electrons. The summed E-state index contributed by atoms with van der Waals surface area (Å²) in [4.78, 5) is 23.7. The van der Waals surface area contributed by atoms with Crippen molar-refractivity contribution in [1.29, 1.82) is 0 Å². The van der Waals surface area contributed by atoms with E-state index in [0.717, 1.165) is 21.8 Å². The monoisotopic (exact) mass is 479 g/mol. The molecule has 1 aromatic heterocycles. The van der Waals surface area contributed by atoms with Crippen LogP contribution in [0, 0.1) is 0 Å². The van der Waals surface area contributed by atoms with Crippen LogP contribution < -0.4 is 10.9 Å². The Morgan fingerprint density at radius 2 is 1.68 bits per heavy atom. The Morgan fingerprint density at radius 1 is 1.03 bits per heavy atom. The topological polar surface area (TPSA) is 109 Å². The largest absolute Gasteiger partial charge is 0.481 e. The minimum Gasteiger partial charge on any atom is -0.481 e. The van der Waals surface area contributed by atoms with Crippen molar-refractivity contribution in [2.24, 2.45) is 7.05 Å². The molecule has 0 aliphatic heterocycles. The summed E-state index contributed by atoms with van der Waals surface area (Å²) in [7, 11) is 1.89.